The molecule has 4 heteroatoms. The zero-order valence-electron chi connectivity index (χ0n) is 9.26. The van der Waals surface area contributed by atoms with E-state index in [0.717, 1.165) is 11.3 Å². The Bertz CT molecular complexity index is 442. The largest absolute Gasteiger partial charge is 0.455 e. The van der Waals surface area contributed by atoms with Gasteiger partial charge in [-0.05, 0) is 11.6 Å². The number of carbonyl (C=O) groups excluding carboxylic acids is 1. The zero-order valence-corrected chi connectivity index (χ0v) is 10.1. The van der Waals surface area contributed by atoms with Crippen LogP contribution in [-0.2, 0) is 9.53 Å². The molecule has 17 heavy (non-hydrogen) atoms. The lowest BCUT2D eigenvalue weighted by atomic mass is 10.2. The summed E-state index contributed by atoms with van der Waals surface area (Å²) in [6.45, 7) is 3.62. The molecule has 1 heterocycles. The summed E-state index contributed by atoms with van der Waals surface area (Å²) >= 11 is 1.49. The Labute approximate surface area is 105 Å². The molecule has 1 atom stereocenters. The first-order valence-corrected chi connectivity index (χ1v) is 6.31. The van der Waals surface area contributed by atoms with Gasteiger partial charge in [0.25, 0.3) is 5.91 Å². The predicted molar refractivity (Wildman–Crippen MR) is 70.1 cm³/mol. The van der Waals surface area contributed by atoms with Crippen LogP contribution >= 0.6 is 11.8 Å². The minimum atomic E-state index is -0.310. The highest BCUT2D eigenvalue weighted by molar-refractivity contribution is 7.99. The molecule has 0 aliphatic carbocycles. The highest BCUT2D eigenvalue weighted by Crippen LogP contribution is 2.22. The second kappa shape index (κ2) is 5.59. The maximum atomic E-state index is 11.6. The van der Waals surface area contributed by atoms with E-state index < -0.39 is 0 Å². The van der Waals surface area contributed by atoms with E-state index in [1.54, 1.807) is 12.2 Å². The van der Waals surface area contributed by atoms with E-state index in [-0.39, 0.29) is 11.5 Å². The first-order valence-electron chi connectivity index (χ1n) is 5.26. The average Bonchev–Trinajstić information content (AvgIpc) is 2.69. The van der Waals surface area contributed by atoms with Crippen LogP contribution in [-0.4, -0.2) is 17.2 Å². The summed E-state index contributed by atoms with van der Waals surface area (Å²) in [5.41, 5.74) is 0.641. The average molecular weight is 247 g/mol. The maximum absolute atomic E-state index is 11.6. The summed E-state index contributed by atoms with van der Waals surface area (Å²) in [6, 6.07) is 9.62. The SMILES string of the molecule is C=CCSC1NC(=O)/C(=C/c2ccccc2)O1. The van der Waals surface area contributed by atoms with Gasteiger partial charge in [-0.2, -0.15) is 0 Å². The Morgan fingerprint density at radius 3 is 2.88 bits per heavy atom. The van der Waals surface area contributed by atoms with Crippen molar-refractivity contribution in [1.82, 2.24) is 5.32 Å². The fourth-order valence-corrected chi connectivity index (χ4v) is 2.08. The van der Waals surface area contributed by atoms with Crippen LogP contribution in [0.1, 0.15) is 5.56 Å². The Kier molecular flexibility index (Phi) is 3.88. The molecule has 0 saturated carbocycles. The second-order valence-corrected chi connectivity index (χ2v) is 4.56. The van der Waals surface area contributed by atoms with Crippen LogP contribution in [0.5, 0.6) is 0 Å². The molecule has 0 bridgehead atoms. The normalized spacial score (nSPS) is 21.1. The Morgan fingerprint density at radius 1 is 1.41 bits per heavy atom. The molecule has 1 aromatic carbocycles. The molecule has 0 aromatic heterocycles. The van der Waals surface area contributed by atoms with E-state index in [1.807, 2.05) is 30.3 Å². The smallest absolute Gasteiger partial charge is 0.289 e. The van der Waals surface area contributed by atoms with Gasteiger partial charge in [-0.25, -0.2) is 0 Å². The topological polar surface area (TPSA) is 38.3 Å². The molecule has 1 saturated heterocycles. The number of ether oxygens (including phenoxy) is 1. The van der Waals surface area contributed by atoms with Crippen LogP contribution in [0, 0.1) is 0 Å². The summed E-state index contributed by atoms with van der Waals surface area (Å²) in [5.74, 6) is 0.928. The fraction of sp³-hybridized carbons (Fsp3) is 0.154. The number of rotatable bonds is 4. The van der Waals surface area contributed by atoms with Crippen molar-refractivity contribution < 1.29 is 9.53 Å². The maximum Gasteiger partial charge on any atom is 0.289 e. The summed E-state index contributed by atoms with van der Waals surface area (Å²) in [4.78, 5) is 11.6. The molecule has 2 rings (SSSR count). The molecule has 1 aliphatic rings. The summed E-state index contributed by atoms with van der Waals surface area (Å²) < 4.78 is 5.50. The van der Waals surface area contributed by atoms with Gasteiger partial charge < -0.3 is 10.1 Å². The minimum absolute atomic E-state index is 0.171. The van der Waals surface area contributed by atoms with Crippen LogP contribution in [0.25, 0.3) is 6.08 Å². The number of amides is 1. The molecule has 1 N–H and O–H groups in total. The second-order valence-electron chi connectivity index (χ2n) is 3.46. The van der Waals surface area contributed by atoms with Gasteiger partial charge in [0.1, 0.15) is 0 Å². The van der Waals surface area contributed by atoms with Crippen LogP contribution in [0.3, 0.4) is 0 Å². The lowest BCUT2D eigenvalue weighted by molar-refractivity contribution is -0.116. The van der Waals surface area contributed by atoms with Gasteiger partial charge in [0.05, 0.1) is 0 Å². The highest BCUT2D eigenvalue weighted by Gasteiger charge is 2.27. The summed E-state index contributed by atoms with van der Waals surface area (Å²) in [6.07, 6.45) is 3.52. The number of benzene rings is 1. The lowest BCUT2D eigenvalue weighted by Crippen LogP contribution is -2.23. The molecule has 0 radical (unpaired) electrons. The molecule has 1 aromatic rings. The van der Waals surface area contributed by atoms with E-state index in [2.05, 4.69) is 11.9 Å². The third-order valence-corrected chi connectivity index (χ3v) is 3.11. The van der Waals surface area contributed by atoms with Gasteiger partial charge in [-0.3, -0.25) is 4.79 Å². The first-order chi connectivity index (χ1) is 8.29. The Balaban J connectivity index is 2.05. The molecule has 0 spiro atoms. The number of hydrogen-bond acceptors (Lipinski definition) is 3. The van der Waals surface area contributed by atoms with Gasteiger partial charge in [0, 0.05) is 5.75 Å². The molecule has 1 aliphatic heterocycles. The number of carbonyl (C=O) groups is 1. The molecule has 3 nitrogen and oxygen atoms in total. The van der Waals surface area contributed by atoms with Crippen molar-refractivity contribution in [2.24, 2.45) is 0 Å². The van der Waals surface area contributed by atoms with Crippen LogP contribution in [0.15, 0.2) is 48.7 Å². The number of nitrogens with one attached hydrogen (secondary N) is 1. The van der Waals surface area contributed by atoms with E-state index in [1.165, 1.54) is 11.8 Å². The van der Waals surface area contributed by atoms with E-state index in [0.29, 0.717) is 5.76 Å². The van der Waals surface area contributed by atoms with Crippen molar-refractivity contribution in [3.63, 3.8) is 0 Å². The van der Waals surface area contributed by atoms with Gasteiger partial charge in [-0.1, -0.05) is 48.2 Å². The van der Waals surface area contributed by atoms with E-state index in [9.17, 15) is 4.79 Å². The molecular formula is C13H13NO2S. The van der Waals surface area contributed by atoms with E-state index in [4.69, 9.17) is 4.74 Å². The lowest BCUT2D eigenvalue weighted by Gasteiger charge is -2.06. The Morgan fingerprint density at radius 2 is 2.18 bits per heavy atom. The van der Waals surface area contributed by atoms with Crippen LogP contribution in [0.4, 0.5) is 0 Å². The van der Waals surface area contributed by atoms with Gasteiger partial charge in [0.15, 0.2) is 5.76 Å². The standard InChI is InChI=1S/C13H13NO2S/c1-2-8-17-13-14-12(15)11(16-13)9-10-6-4-3-5-7-10/h2-7,9,13H,1,8H2,(H,14,15)/b11-9-. The monoisotopic (exact) mass is 247 g/mol. The van der Waals surface area contributed by atoms with Crippen LogP contribution in [0.2, 0.25) is 0 Å². The molecular weight excluding hydrogens is 234 g/mol. The quantitative estimate of drug-likeness (QED) is 0.655. The Hall–Kier alpha value is -1.68. The van der Waals surface area contributed by atoms with Crippen molar-refractivity contribution in [2.75, 3.05) is 5.75 Å². The predicted octanol–water partition coefficient (Wildman–Crippen LogP) is 2.38. The zero-order chi connectivity index (χ0) is 12.1. The van der Waals surface area contributed by atoms with Gasteiger partial charge in [0.2, 0.25) is 5.56 Å². The third-order valence-electron chi connectivity index (χ3n) is 2.17. The molecule has 1 unspecified atom stereocenters. The molecule has 1 amide bonds. The first kappa shape index (κ1) is 11.8. The highest BCUT2D eigenvalue weighted by atomic mass is 32.2. The van der Waals surface area contributed by atoms with E-state index >= 15 is 0 Å². The van der Waals surface area contributed by atoms with Crippen molar-refractivity contribution in [3.8, 4) is 0 Å². The van der Waals surface area contributed by atoms with Crippen molar-refractivity contribution in [2.45, 2.75) is 5.56 Å². The minimum Gasteiger partial charge on any atom is -0.455 e. The summed E-state index contributed by atoms with van der Waals surface area (Å²) in [5, 5.41) is 2.74. The van der Waals surface area contributed by atoms with Crippen molar-refractivity contribution in [3.05, 3.63) is 54.3 Å². The third kappa shape index (κ3) is 3.14. The van der Waals surface area contributed by atoms with Gasteiger partial charge >= 0.3 is 0 Å². The molecule has 88 valence electrons. The van der Waals surface area contributed by atoms with Crippen molar-refractivity contribution in [1.29, 1.82) is 0 Å². The van der Waals surface area contributed by atoms with Crippen molar-refractivity contribution >= 4 is 23.7 Å². The number of hydrogen-bond donors (Lipinski definition) is 1. The van der Waals surface area contributed by atoms with Gasteiger partial charge in [-0.15, -0.1) is 6.58 Å². The summed E-state index contributed by atoms with van der Waals surface area (Å²) in [7, 11) is 0. The molecule has 1 fully saturated rings. The number of thioether (sulfide) groups is 1. The fourth-order valence-electron chi connectivity index (χ4n) is 1.41. The van der Waals surface area contributed by atoms with Crippen LogP contribution < -0.4 is 5.32 Å².